The van der Waals surface area contributed by atoms with Crippen LogP contribution in [0.25, 0.3) is 0 Å². The van der Waals surface area contributed by atoms with Gasteiger partial charge in [-0.25, -0.2) is 8.42 Å². The molecule has 1 rings (SSSR count). The van der Waals surface area contributed by atoms with Crippen LogP contribution in [0.2, 0.25) is 0 Å². The normalized spacial score (nSPS) is 11.7. The zero-order valence-electron chi connectivity index (χ0n) is 14.0. The summed E-state index contributed by atoms with van der Waals surface area (Å²) < 4.78 is 28.2. The van der Waals surface area contributed by atoms with E-state index in [1.807, 2.05) is 12.1 Å². The molecule has 8 heteroatoms. The fourth-order valence-corrected chi connectivity index (χ4v) is 3.03. The fourth-order valence-electron chi connectivity index (χ4n) is 2.07. The SMILES string of the molecule is CN=C(NCCCOC)NCc1ccc(S(C)(=O)=O)c(C)c1.I. The summed E-state index contributed by atoms with van der Waals surface area (Å²) in [6.45, 7) is 3.86. The number of aryl methyl sites for hydroxylation is 1. The van der Waals surface area contributed by atoms with Crippen LogP contribution in [0.1, 0.15) is 17.5 Å². The molecule has 6 nitrogen and oxygen atoms in total. The number of nitrogens with zero attached hydrogens (tertiary/aromatic N) is 1. The number of nitrogens with one attached hydrogen (secondary N) is 2. The van der Waals surface area contributed by atoms with Crippen molar-refractivity contribution in [3.05, 3.63) is 29.3 Å². The first-order valence-electron chi connectivity index (χ1n) is 7.11. The Morgan fingerprint density at radius 1 is 1.30 bits per heavy atom. The van der Waals surface area contributed by atoms with E-state index in [0.717, 1.165) is 24.1 Å². The number of aliphatic imine (C=N–C) groups is 1. The summed E-state index contributed by atoms with van der Waals surface area (Å²) in [7, 11) is 0.216. The molecule has 0 aromatic heterocycles. The highest BCUT2D eigenvalue weighted by molar-refractivity contribution is 14.0. The second-order valence-corrected chi connectivity index (χ2v) is 7.06. The third-order valence-electron chi connectivity index (χ3n) is 3.14. The largest absolute Gasteiger partial charge is 0.385 e. The van der Waals surface area contributed by atoms with Gasteiger partial charge in [-0.3, -0.25) is 4.99 Å². The van der Waals surface area contributed by atoms with Gasteiger partial charge in [-0.2, -0.15) is 0 Å². The van der Waals surface area contributed by atoms with Gasteiger partial charge >= 0.3 is 0 Å². The van der Waals surface area contributed by atoms with E-state index in [1.54, 1.807) is 27.1 Å². The summed E-state index contributed by atoms with van der Waals surface area (Å²) in [6, 6.07) is 5.34. The number of halogens is 1. The maximum atomic E-state index is 11.6. The first kappa shape index (κ1) is 22.1. The van der Waals surface area contributed by atoms with E-state index in [1.165, 1.54) is 6.26 Å². The van der Waals surface area contributed by atoms with Crippen molar-refractivity contribution in [3.8, 4) is 0 Å². The molecule has 0 bridgehead atoms. The molecular weight excluding hydrogens is 429 g/mol. The number of guanidine groups is 1. The lowest BCUT2D eigenvalue weighted by Gasteiger charge is -2.13. The Hall–Kier alpha value is -0.870. The van der Waals surface area contributed by atoms with Crippen molar-refractivity contribution in [1.82, 2.24) is 10.6 Å². The Balaban J connectivity index is 0.00000484. The second-order valence-electron chi connectivity index (χ2n) is 5.07. The summed E-state index contributed by atoms with van der Waals surface area (Å²) in [5.41, 5.74) is 1.76. The standard InChI is InChI=1S/C15H25N3O3S.HI/c1-12-10-13(6-7-14(12)22(4,19)20)11-18-15(16-2)17-8-5-9-21-3;/h6-7,10H,5,8-9,11H2,1-4H3,(H2,16,17,18);1H. The molecule has 1 aromatic carbocycles. The number of ether oxygens (including phenoxy) is 1. The Morgan fingerprint density at radius 2 is 2.00 bits per heavy atom. The van der Waals surface area contributed by atoms with Gasteiger partial charge in [-0.05, 0) is 30.5 Å². The predicted octanol–water partition coefficient (Wildman–Crippen LogP) is 1.72. The van der Waals surface area contributed by atoms with E-state index in [-0.39, 0.29) is 24.0 Å². The first-order valence-corrected chi connectivity index (χ1v) is 9.00. The molecule has 0 unspecified atom stereocenters. The van der Waals surface area contributed by atoms with E-state index < -0.39 is 9.84 Å². The summed E-state index contributed by atoms with van der Waals surface area (Å²) in [6.07, 6.45) is 2.12. The van der Waals surface area contributed by atoms with Crippen LogP contribution in [-0.4, -0.2) is 47.9 Å². The molecule has 0 atom stereocenters. The fraction of sp³-hybridized carbons (Fsp3) is 0.533. The highest BCUT2D eigenvalue weighted by atomic mass is 127. The van der Waals surface area contributed by atoms with Crippen molar-refractivity contribution in [2.75, 3.05) is 33.6 Å². The molecular formula is C15H26IN3O3S. The Labute approximate surface area is 156 Å². The van der Waals surface area contributed by atoms with Crippen LogP contribution in [0.5, 0.6) is 0 Å². The molecule has 0 spiro atoms. The molecule has 0 fully saturated rings. The molecule has 2 N–H and O–H groups in total. The molecule has 0 aliphatic rings. The summed E-state index contributed by atoms with van der Waals surface area (Å²) in [4.78, 5) is 4.51. The Morgan fingerprint density at radius 3 is 2.52 bits per heavy atom. The average Bonchev–Trinajstić information content (AvgIpc) is 2.45. The van der Waals surface area contributed by atoms with E-state index in [4.69, 9.17) is 4.74 Å². The van der Waals surface area contributed by atoms with Crippen molar-refractivity contribution >= 4 is 39.8 Å². The maximum Gasteiger partial charge on any atom is 0.191 e. The monoisotopic (exact) mass is 455 g/mol. The highest BCUT2D eigenvalue weighted by Crippen LogP contribution is 2.16. The van der Waals surface area contributed by atoms with E-state index >= 15 is 0 Å². The van der Waals surface area contributed by atoms with Gasteiger partial charge in [0.2, 0.25) is 0 Å². The molecule has 0 heterocycles. The minimum absolute atomic E-state index is 0. The quantitative estimate of drug-likeness (QED) is 0.283. The molecule has 0 amide bonds. The van der Waals surface area contributed by atoms with E-state index in [2.05, 4.69) is 15.6 Å². The van der Waals surface area contributed by atoms with Crippen LogP contribution in [0, 0.1) is 6.92 Å². The molecule has 0 radical (unpaired) electrons. The minimum Gasteiger partial charge on any atom is -0.385 e. The molecule has 1 aromatic rings. The third kappa shape index (κ3) is 7.98. The molecule has 0 saturated heterocycles. The van der Waals surface area contributed by atoms with Crippen LogP contribution in [0.15, 0.2) is 28.1 Å². The first-order chi connectivity index (χ1) is 10.4. The number of sulfone groups is 1. The lowest BCUT2D eigenvalue weighted by Crippen LogP contribution is -2.37. The van der Waals surface area contributed by atoms with Crippen molar-refractivity contribution < 1.29 is 13.2 Å². The van der Waals surface area contributed by atoms with Crippen molar-refractivity contribution in [2.45, 2.75) is 24.8 Å². The van der Waals surface area contributed by atoms with Crippen LogP contribution in [0.4, 0.5) is 0 Å². The minimum atomic E-state index is -3.17. The molecule has 0 saturated carbocycles. The average molecular weight is 455 g/mol. The number of hydrogen-bond donors (Lipinski definition) is 2. The van der Waals surface area contributed by atoms with Crippen LogP contribution in [-0.2, 0) is 21.1 Å². The molecule has 0 aliphatic heterocycles. The van der Waals surface area contributed by atoms with Crippen LogP contribution >= 0.6 is 24.0 Å². The van der Waals surface area contributed by atoms with E-state index in [0.29, 0.717) is 24.0 Å². The van der Waals surface area contributed by atoms with Gasteiger partial charge < -0.3 is 15.4 Å². The summed E-state index contributed by atoms with van der Waals surface area (Å²) in [5.74, 6) is 0.709. The van der Waals surface area contributed by atoms with Gasteiger partial charge in [-0.1, -0.05) is 12.1 Å². The highest BCUT2D eigenvalue weighted by Gasteiger charge is 2.10. The smallest absolute Gasteiger partial charge is 0.191 e. The van der Waals surface area contributed by atoms with E-state index in [9.17, 15) is 8.42 Å². The van der Waals surface area contributed by atoms with Gasteiger partial charge in [0.25, 0.3) is 0 Å². The number of benzene rings is 1. The summed E-state index contributed by atoms with van der Waals surface area (Å²) >= 11 is 0. The molecule has 23 heavy (non-hydrogen) atoms. The molecule has 0 aliphatic carbocycles. The number of hydrogen-bond acceptors (Lipinski definition) is 4. The zero-order valence-corrected chi connectivity index (χ0v) is 17.2. The number of methoxy groups -OCH3 is 1. The van der Waals surface area contributed by atoms with Crippen LogP contribution in [0.3, 0.4) is 0 Å². The summed E-state index contributed by atoms with van der Waals surface area (Å²) in [5, 5.41) is 6.38. The van der Waals surface area contributed by atoms with Crippen molar-refractivity contribution in [2.24, 2.45) is 4.99 Å². The lowest BCUT2D eigenvalue weighted by atomic mass is 10.1. The van der Waals surface area contributed by atoms with Crippen LogP contribution < -0.4 is 10.6 Å². The Bertz CT molecular complexity index is 618. The number of rotatable bonds is 7. The van der Waals surface area contributed by atoms with Crippen molar-refractivity contribution in [1.29, 1.82) is 0 Å². The van der Waals surface area contributed by atoms with Gasteiger partial charge in [0, 0.05) is 40.1 Å². The van der Waals surface area contributed by atoms with Crippen molar-refractivity contribution in [3.63, 3.8) is 0 Å². The third-order valence-corrected chi connectivity index (χ3v) is 4.40. The Kier molecular flexibility index (Phi) is 10.4. The zero-order chi connectivity index (χ0) is 16.6. The predicted molar refractivity (Wildman–Crippen MR) is 104 cm³/mol. The maximum absolute atomic E-state index is 11.6. The molecule has 132 valence electrons. The van der Waals surface area contributed by atoms with Gasteiger partial charge in [-0.15, -0.1) is 24.0 Å². The van der Waals surface area contributed by atoms with Gasteiger partial charge in [0.15, 0.2) is 15.8 Å². The topological polar surface area (TPSA) is 79.8 Å². The van der Waals surface area contributed by atoms with Gasteiger partial charge in [0.1, 0.15) is 0 Å². The van der Waals surface area contributed by atoms with Gasteiger partial charge in [0.05, 0.1) is 4.90 Å². The second kappa shape index (κ2) is 10.8. The lowest BCUT2D eigenvalue weighted by molar-refractivity contribution is 0.195.